The Morgan fingerprint density at radius 2 is 2.14 bits per heavy atom. The fourth-order valence-electron chi connectivity index (χ4n) is 1.45. The Labute approximate surface area is 96.5 Å². The zero-order valence-corrected chi connectivity index (χ0v) is 9.85. The first-order chi connectivity index (χ1) is 6.75. The second-order valence-electron chi connectivity index (χ2n) is 3.27. The molecule has 2 nitrogen and oxygen atoms in total. The summed E-state index contributed by atoms with van der Waals surface area (Å²) in [7, 11) is 0. The molecule has 1 N–H and O–H groups in total. The van der Waals surface area contributed by atoms with Gasteiger partial charge in [-0.3, -0.25) is 0 Å². The molecule has 4 heteroatoms. The Balaban J connectivity index is 2.08. The van der Waals surface area contributed by atoms with Crippen molar-refractivity contribution < 1.29 is 0 Å². The molecular formula is C10H10BrClN2. The molecule has 0 saturated heterocycles. The van der Waals surface area contributed by atoms with Gasteiger partial charge >= 0.3 is 0 Å². The standard InChI is InChI=1S/C10H10BrClN2/c11-7-5-9(12)10(13-6-7)14-8-3-1-2-4-8/h1-2,5-6,8H,3-4H2,(H,13,14). The summed E-state index contributed by atoms with van der Waals surface area (Å²) in [5.41, 5.74) is 0. The largest absolute Gasteiger partial charge is 0.365 e. The molecule has 0 aliphatic heterocycles. The zero-order valence-electron chi connectivity index (χ0n) is 7.50. The van der Waals surface area contributed by atoms with Crippen LogP contribution in [0.15, 0.2) is 28.9 Å². The van der Waals surface area contributed by atoms with Gasteiger partial charge in [0.1, 0.15) is 5.82 Å². The summed E-state index contributed by atoms with van der Waals surface area (Å²) in [5.74, 6) is 0.767. The minimum absolute atomic E-state index is 0.446. The number of anilines is 1. The Morgan fingerprint density at radius 3 is 2.79 bits per heavy atom. The van der Waals surface area contributed by atoms with Crippen molar-refractivity contribution >= 4 is 33.3 Å². The lowest BCUT2D eigenvalue weighted by molar-refractivity contribution is 0.781. The first-order valence-electron chi connectivity index (χ1n) is 4.48. The molecule has 2 rings (SSSR count). The van der Waals surface area contributed by atoms with E-state index in [0.29, 0.717) is 11.1 Å². The van der Waals surface area contributed by atoms with Crippen LogP contribution in [0.2, 0.25) is 5.02 Å². The van der Waals surface area contributed by atoms with Crippen molar-refractivity contribution in [2.75, 3.05) is 5.32 Å². The third-order valence-electron chi connectivity index (χ3n) is 2.16. The molecule has 74 valence electrons. The van der Waals surface area contributed by atoms with Crippen molar-refractivity contribution in [1.82, 2.24) is 4.98 Å². The summed E-state index contributed by atoms with van der Waals surface area (Å²) in [6.45, 7) is 0. The summed E-state index contributed by atoms with van der Waals surface area (Å²) in [6.07, 6.45) is 8.19. The number of hydrogen-bond donors (Lipinski definition) is 1. The van der Waals surface area contributed by atoms with Crippen molar-refractivity contribution in [2.24, 2.45) is 0 Å². The molecule has 14 heavy (non-hydrogen) atoms. The number of halogens is 2. The van der Waals surface area contributed by atoms with Gasteiger partial charge in [0.05, 0.1) is 5.02 Å². The molecule has 0 radical (unpaired) electrons. The quantitative estimate of drug-likeness (QED) is 0.832. The van der Waals surface area contributed by atoms with Gasteiger partial charge in [-0.05, 0) is 34.8 Å². The molecule has 1 aromatic heterocycles. The Morgan fingerprint density at radius 1 is 1.43 bits per heavy atom. The fraction of sp³-hybridized carbons (Fsp3) is 0.300. The van der Waals surface area contributed by atoms with E-state index in [1.54, 1.807) is 6.20 Å². The number of nitrogens with zero attached hydrogens (tertiary/aromatic N) is 1. The molecule has 0 fully saturated rings. The second-order valence-corrected chi connectivity index (χ2v) is 4.59. The number of rotatable bonds is 2. The van der Waals surface area contributed by atoms with Crippen molar-refractivity contribution in [3.8, 4) is 0 Å². The van der Waals surface area contributed by atoms with Gasteiger partial charge in [0, 0.05) is 16.7 Å². The SMILES string of the molecule is Clc1cc(Br)cnc1NC1CC=CC1. The summed E-state index contributed by atoms with van der Waals surface area (Å²) in [6, 6.07) is 2.29. The van der Waals surface area contributed by atoms with Crippen LogP contribution >= 0.6 is 27.5 Å². The van der Waals surface area contributed by atoms with Gasteiger partial charge in [-0.15, -0.1) is 0 Å². The maximum atomic E-state index is 6.03. The van der Waals surface area contributed by atoms with Gasteiger partial charge in [0.15, 0.2) is 0 Å². The van der Waals surface area contributed by atoms with Gasteiger partial charge in [-0.2, -0.15) is 0 Å². The van der Waals surface area contributed by atoms with Crippen molar-refractivity contribution in [3.63, 3.8) is 0 Å². The van der Waals surface area contributed by atoms with Crippen molar-refractivity contribution in [1.29, 1.82) is 0 Å². The average Bonchev–Trinajstić information content (AvgIpc) is 2.62. The molecule has 0 spiro atoms. The third-order valence-corrected chi connectivity index (χ3v) is 2.88. The Hall–Kier alpha value is -0.540. The van der Waals surface area contributed by atoms with E-state index < -0.39 is 0 Å². The topological polar surface area (TPSA) is 24.9 Å². The van der Waals surface area contributed by atoms with Gasteiger partial charge in [0.25, 0.3) is 0 Å². The van der Waals surface area contributed by atoms with Crippen LogP contribution in [0.25, 0.3) is 0 Å². The smallest absolute Gasteiger partial charge is 0.145 e. The second kappa shape index (κ2) is 4.32. The van der Waals surface area contributed by atoms with Crippen LogP contribution in [0.3, 0.4) is 0 Å². The summed E-state index contributed by atoms with van der Waals surface area (Å²) in [5, 5.41) is 3.97. The van der Waals surface area contributed by atoms with E-state index in [-0.39, 0.29) is 0 Å². The van der Waals surface area contributed by atoms with Crippen LogP contribution in [-0.2, 0) is 0 Å². The fourth-order valence-corrected chi connectivity index (χ4v) is 2.13. The van der Waals surface area contributed by atoms with Crippen LogP contribution in [0.1, 0.15) is 12.8 Å². The third kappa shape index (κ3) is 2.28. The molecule has 0 saturated carbocycles. The minimum Gasteiger partial charge on any atom is -0.365 e. The number of pyridine rings is 1. The first kappa shape index (κ1) is 9.99. The van der Waals surface area contributed by atoms with E-state index in [4.69, 9.17) is 11.6 Å². The zero-order chi connectivity index (χ0) is 9.97. The van der Waals surface area contributed by atoms with Crippen LogP contribution in [0.4, 0.5) is 5.82 Å². The van der Waals surface area contributed by atoms with E-state index >= 15 is 0 Å². The maximum Gasteiger partial charge on any atom is 0.145 e. The predicted octanol–water partition coefficient (Wildman–Crippen LogP) is 3.63. The molecule has 1 aliphatic carbocycles. The molecule has 1 heterocycles. The molecule has 1 aromatic rings. The Bertz CT molecular complexity index is 357. The van der Waals surface area contributed by atoms with E-state index in [1.807, 2.05) is 6.07 Å². The molecule has 0 bridgehead atoms. The lowest BCUT2D eigenvalue weighted by Crippen LogP contribution is -2.16. The van der Waals surface area contributed by atoms with Crippen LogP contribution in [0.5, 0.6) is 0 Å². The van der Waals surface area contributed by atoms with Crippen LogP contribution < -0.4 is 5.32 Å². The molecule has 0 atom stereocenters. The molecule has 0 unspecified atom stereocenters. The Kier molecular flexibility index (Phi) is 3.08. The van der Waals surface area contributed by atoms with Crippen LogP contribution in [-0.4, -0.2) is 11.0 Å². The normalized spacial score (nSPS) is 16.1. The summed E-state index contributed by atoms with van der Waals surface area (Å²) in [4.78, 5) is 4.22. The van der Waals surface area contributed by atoms with Gasteiger partial charge in [-0.25, -0.2) is 4.98 Å². The maximum absolute atomic E-state index is 6.03. The van der Waals surface area contributed by atoms with E-state index in [0.717, 1.165) is 23.1 Å². The van der Waals surface area contributed by atoms with Crippen molar-refractivity contribution in [2.45, 2.75) is 18.9 Å². The van der Waals surface area contributed by atoms with Crippen LogP contribution in [0, 0.1) is 0 Å². The average molecular weight is 274 g/mol. The lowest BCUT2D eigenvalue weighted by atomic mass is 10.2. The highest BCUT2D eigenvalue weighted by Gasteiger charge is 2.12. The number of hydrogen-bond acceptors (Lipinski definition) is 2. The molecule has 0 aromatic carbocycles. The molecule has 0 amide bonds. The number of aromatic nitrogens is 1. The predicted molar refractivity (Wildman–Crippen MR) is 62.7 cm³/mol. The summed E-state index contributed by atoms with van der Waals surface area (Å²) >= 11 is 9.35. The first-order valence-corrected chi connectivity index (χ1v) is 5.65. The van der Waals surface area contributed by atoms with Gasteiger partial charge in [0.2, 0.25) is 0 Å². The van der Waals surface area contributed by atoms with E-state index in [1.165, 1.54) is 0 Å². The minimum atomic E-state index is 0.446. The van der Waals surface area contributed by atoms with Crippen molar-refractivity contribution in [3.05, 3.63) is 33.9 Å². The summed E-state index contributed by atoms with van der Waals surface area (Å²) < 4.78 is 0.901. The molecular weight excluding hydrogens is 263 g/mol. The highest BCUT2D eigenvalue weighted by atomic mass is 79.9. The highest BCUT2D eigenvalue weighted by Crippen LogP contribution is 2.25. The van der Waals surface area contributed by atoms with E-state index in [9.17, 15) is 0 Å². The van der Waals surface area contributed by atoms with Gasteiger partial charge < -0.3 is 5.32 Å². The highest BCUT2D eigenvalue weighted by molar-refractivity contribution is 9.10. The van der Waals surface area contributed by atoms with Gasteiger partial charge in [-0.1, -0.05) is 23.8 Å². The molecule has 1 aliphatic rings. The van der Waals surface area contributed by atoms with E-state index in [2.05, 4.69) is 38.4 Å². The lowest BCUT2D eigenvalue weighted by Gasteiger charge is -2.13. The monoisotopic (exact) mass is 272 g/mol. The number of nitrogens with one attached hydrogen (secondary N) is 1.